The van der Waals surface area contributed by atoms with Gasteiger partial charge in [-0.05, 0) is 73.5 Å². The molecule has 0 saturated carbocycles. The van der Waals surface area contributed by atoms with Crippen molar-refractivity contribution in [1.29, 1.82) is 0 Å². The lowest BCUT2D eigenvalue weighted by atomic mass is 10.2. The predicted octanol–water partition coefficient (Wildman–Crippen LogP) is 5.53. The molecule has 3 aromatic rings. The molecular formula is C25H26ClN3O2. The third-order valence-corrected chi connectivity index (χ3v) is 5.09. The van der Waals surface area contributed by atoms with E-state index < -0.39 is 0 Å². The van der Waals surface area contributed by atoms with E-state index in [1.807, 2.05) is 36.4 Å². The van der Waals surface area contributed by atoms with Crippen LogP contribution >= 0.6 is 11.6 Å². The number of hydrogen-bond donors (Lipinski definition) is 1. The Labute approximate surface area is 188 Å². The Morgan fingerprint density at radius 3 is 2.23 bits per heavy atom. The van der Waals surface area contributed by atoms with E-state index in [2.05, 4.69) is 41.4 Å². The maximum Gasteiger partial charge on any atom is 0.271 e. The summed E-state index contributed by atoms with van der Waals surface area (Å²) < 4.78 is 5.74. The van der Waals surface area contributed by atoms with Crippen LogP contribution in [0.3, 0.4) is 0 Å². The third-order valence-electron chi connectivity index (χ3n) is 4.84. The van der Waals surface area contributed by atoms with Crippen LogP contribution in [0.2, 0.25) is 5.02 Å². The van der Waals surface area contributed by atoms with E-state index in [1.54, 1.807) is 30.5 Å². The number of carbonyl (C=O) groups excluding carboxylic acids is 1. The van der Waals surface area contributed by atoms with Crippen LogP contribution in [-0.4, -0.2) is 25.2 Å². The van der Waals surface area contributed by atoms with Crippen LogP contribution in [0.5, 0.6) is 5.75 Å². The highest BCUT2D eigenvalue weighted by Gasteiger charge is 2.05. The molecule has 1 N–H and O–H groups in total. The number of ether oxygens (including phenoxy) is 1. The van der Waals surface area contributed by atoms with Gasteiger partial charge in [0.2, 0.25) is 0 Å². The fraction of sp³-hybridized carbons (Fsp3) is 0.200. The van der Waals surface area contributed by atoms with Gasteiger partial charge in [0.15, 0.2) is 0 Å². The Hall–Kier alpha value is -3.31. The van der Waals surface area contributed by atoms with Gasteiger partial charge >= 0.3 is 0 Å². The standard InChI is InChI=1S/C25H26ClN3O2/c1-3-29(4-2)23-13-7-19(8-14-23)17-27-28-25(30)21-9-15-24(16-10-21)31-18-20-5-11-22(26)12-6-20/h5-17H,3-4,18H2,1-2H3,(H,28,30)/b27-17-. The molecule has 1 amide bonds. The molecule has 31 heavy (non-hydrogen) atoms. The van der Waals surface area contributed by atoms with Crippen molar-refractivity contribution in [2.45, 2.75) is 20.5 Å². The van der Waals surface area contributed by atoms with E-state index in [0.717, 1.165) is 24.2 Å². The minimum Gasteiger partial charge on any atom is -0.489 e. The van der Waals surface area contributed by atoms with Gasteiger partial charge in [-0.3, -0.25) is 4.79 Å². The van der Waals surface area contributed by atoms with Gasteiger partial charge in [0, 0.05) is 29.4 Å². The summed E-state index contributed by atoms with van der Waals surface area (Å²) in [5, 5.41) is 4.75. The third kappa shape index (κ3) is 6.59. The fourth-order valence-electron chi connectivity index (χ4n) is 3.04. The van der Waals surface area contributed by atoms with Gasteiger partial charge in [-0.25, -0.2) is 5.43 Å². The second-order valence-electron chi connectivity index (χ2n) is 6.90. The van der Waals surface area contributed by atoms with Crippen LogP contribution in [0.1, 0.15) is 35.3 Å². The van der Waals surface area contributed by atoms with Gasteiger partial charge in [-0.2, -0.15) is 5.10 Å². The summed E-state index contributed by atoms with van der Waals surface area (Å²) in [6.45, 7) is 6.62. The molecule has 160 valence electrons. The molecule has 3 aromatic carbocycles. The van der Waals surface area contributed by atoms with E-state index >= 15 is 0 Å². The largest absolute Gasteiger partial charge is 0.489 e. The molecule has 0 saturated heterocycles. The molecule has 0 spiro atoms. The van der Waals surface area contributed by atoms with Crippen LogP contribution in [-0.2, 0) is 6.61 Å². The Balaban J connectivity index is 1.50. The van der Waals surface area contributed by atoms with Crippen molar-refractivity contribution in [1.82, 2.24) is 5.43 Å². The molecule has 0 aliphatic carbocycles. The normalized spacial score (nSPS) is 10.8. The summed E-state index contributed by atoms with van der Waals surface area (Å²) in [6, 6.07) is 22.5. The molecule has 3 rings (SSSR count). The molecule has 0 bridgehead atoms. The van der Waals surface area contributed by atoms with Gasteiger partial charge < -0.3 is 9.64 Å². The molecule has 0 atom stereocenters. The number of rotatable bonds is 9. The van der Waals surface area contributed by atoms with Gasteiger partial charge in [0.25, 0.3) is 5.91 Å². The van der Waals surface area contributed by atoms with Crippen LogP contribution in [0.25, 0.3) is 0 Å². The Morgan fingerprint density at radius 2 is 1.61 bits per heavy atom. The number of nitrogens with zero attached hydrogens (tertiary/aromatic N) is 2. The number of hydrogen-bond acceptors (Lipinski definition) is 4. The van der Waals surface area contributed by atoms with Crippen LogP contribution in [0, 0.1) is 0 Å². The lowest BCUT2D eigenvalue weighted by Gasteiger charge is -2.20. The van der Waals surface area contributed by atoms with Crippen LogP contribution in [0.4, 0.5) is 5.69 Å². The van der Waals surface area contributed by atoms with Gasteiger partial charge in [-0.1, -0.05) is 35.9 Å². The average Bonchev–Trinajstić information content (AvgIpc) is 2.81. The number of nitrogens with one attached hydrogen (secondary N) is 1. The zero-order valence-electron chi connectivity index (χ0n) is 17.7. The lowest BCUT2D eigenvalue weighted by Crippen LogP contribution is -2.21. The maximum absolute atomic E-state index is 12.3. The predicted molar refractivity (Wildman–Crippen MR) is 127 cm³/mol. The number of hydrazone groups is 1. The molecule has 0 aliphatic rings. The molecule has 0 unspecified atom stereocenters. The van der Waals surface area contributed by atoms with Gasteiger partial charge in [0.05, 0.1) is 6.21 Å². The van der Waals surface area contributed by atoms with E-state index in [-0.39, 0.29) is 5.91 Å². The van der Waals surface area contributed by atoms with Crippen molar-refractivity contribution in [3.8, 4) is 5.75 Å². The first-order chi connectivity index (χ1) is 15.1. The topological polar surface area (TPSA) is 53.9 Å². The van der Waals surface area contributed by atoms with Crippen molar-refractivity contribution in [2.75, 3.05) is 18.0 Å². The number of carbonyl (C=O) groups is 1. The fourth-order valence-corrected chi connectivity index (χ4v) is 3.17. The summed E-state index contributed by atoms with van der Waals surface area (Å²) in [6.07, 6.45) is 1.63. The highest BCUT2D eigenvalue weighted by Crippen LogP contribution is 2.16. The highest BCUT2D eigenvalue weighted by molar-refractivity contribution is 6.30. The zero-order valence-corrected chi connectivity index (χ0v) is 18.5. The number of benzene rings is 3. The van der Waals surface area contributed by atoms with Crippen molar-refractivity contribution in [2.24, 2.45) is 5.10 Å². The van der Waals surface area contributed by atoms with Crippen LogP contribution < -0.4 is 15.1 Å². The second kappa shape index (κ2) is 11.2. The van der Waals surface area contributed by atoms with E-state index in [0.29, 0.717) is 22.9 Å². The van der Waals surface area contributed by atoms with Crippen molar-refractivity contribution in [3.63, 3.8) is 0 Å². The maximum atomic E-state index is 12.3. The Morgan fingerprint density at radius 1 is 0.968 bits per heavy atom. The summed E-state index contributed by atoms with van der Waals surface area (Å²) in [5.74, 6) is 0.406. The molecule has 6 heteroatoms. The minimum absolute atomic E-state index is 0.278. The van der Waals surface area contributed by atoms with Gasteiger partial charge in [-0.15, -0.1) is 0 Å². The van der Waals surface area contributed by atoms with E-state index in [9.17, 15) is 4.79 Å². The number of halogens is 1. The van der Waals surface area contributed by atoms with E-state index in [4.69, 9.17) is 16.3 Å². The first-order valence-corrected chi connectivity index (χ1v) is 10.6. The quantitative estimate of drug-likeness (QED) is 0.355. The second-order valence-corrected chi connectivity index (χ2v) is 7.34. The number of anilines is 1. The molecule has 0 fully saturated rings. The Kier molecular flexibility index (Phi) is 8.07. The molecular weight excluding hydrogens is 410 g/mol. The smallest absolute Gasteiger partial charge is 0.271 e. The molecule has 0 aromatic heterocycles. The van der Waals surface area contributed by atoms with Crippen molar-refractivity contribution in [3.05, 3.63) is 94.5 Å². The molecule has 0 aliphatic heterocycles. The summed E-state index contributed by atoms with van der Waals surface area (Å²) >= 11 is 5.89. The summed E-state index contributed by atoms with van der Waals surface area (Å²) in [4.78, 5) is 14.6. The average molecular weight is 436 g/mol. The molecule has 5 nitrogen and oxygen atoms in total. The minimum atomic E-state index is -0.278. The summed E-state index contributed by atoms with van der Waals surface area (Å²) in [7, 11) is 0. The monoisotopic (exact) mass is 435 g/mol. The van der Waals surface area contributed by atoms with E-state index in [1.165, 1.54) is 5.69 Å². The van der Waals surface area contributed by atoms with Crippen LogP contribution in [0.15, 0.2) is 77.9 Å². The lowest BCUT2D eigenvalue weighted by molar-refractivity contribution is 0.0955. The summed E-state index contributed by atoms with van der Waals surface area (Å²) in [5.41, 5.74) is 6.17. The zero-order chi connectivity index (χ0) is 22.1. The first kappa shape index (κ1) is 22.4. The van der Waals surface area contributed by atoms with Crippen molar-refractivity contribution < 1.29 is 9.53 Å². The highest BCUT2D eigenvalue weighted by atomic mass is 35.5. The van der Waals surface area contributed by atoms with Gasteiger partial charge in [0.1, 0.15) is 12.4 Å². The SMILES string of the molecule is CCN(CC)c1ccc(/C=N\NC(=O)c2ccc(OCc3ccc(Cl)cc3)cc2)cc1. The molecule has 0 heterocycles. The Bertz CT molecular complexity index is 996. The van der Waals surface area contributed by atoms with Crippen molar-refractivity contribution >= 4 is 29.4 Å². The molecule has 0 radical (unpaired) electrons. The first-order valence-electron chi connectivity index (χ1n) is 10.2. The number of amides is 1.